The third kappa shape index (κ3) is 5.42. The lowest BCUT2D eigenvalue weighted by atomic mass is 9.84. The summed E-state index contributed by atoms with van der Waals surface area (Å²) in [4.78, 5) is 12.9. The summed E-state index contributed by atoms with van der Waals surface area (Å²) in [5, 5.41) is 8.46. The van der Waals surface area contributed by atoms with Crippen molar-refractivity contribution in [2.75, 3.05) is 13.7 Å². The summed E-state index contributed by atoms with van der Waals surface area (Å²) in [7, 11) is -0.228. The Hall–Kier alpha value is -3.56. The number of carbonyl (C=O) groups excluding carboxylic acids is 1. The SMILES string of the molecule is CCOC(=O)CC(c1ccc(C)c(CN(C)S(=O)(=O)c2ccccc2)c1)c1ccc2c(nnn2C)c1C. The van der Waals surface area contributed by atoms with Crippen molar-refractivity contribution < 1.29 is 17.9 Å². The number of aryl methyl sites for hydroxylation is 3. The van der Waals surface area contributed by atoms with E-state index in [9.17, 15) is 13.2 Å². The normalized spacial score (nSPS) is 12.7. The fraction of sp³-hybridized carbons (Fsp3) is 0.321. The third-order valence-electron chi connectivity index (χ3n) is 6.75. The summed E-state index contributed by atoms with van der Waals surface area (Å²) in [5.41, 5.74) is 6.35. The molecule has 4 rings (SSSR count). The summed E-state index contributed by atoms with van der Waals surface area (Å²) in [6.45, 7) is 6.23. The molecule has 1 atom stereocenters. The minimum Gasteiger partial charge on any atom is -0.466 e. The number of hydrogen-bond acceptors (Lipinski definition) is 6. The molecule has 37 heavy (non-hydrogen) atoms. The number of sulfonamides is 1. The van der Waals surface area contributed by atoms with Gasteiger partial charge in [-0.25, -0.2) is 13.1 Å². The molecule has 0 aliphatic heterocycles. The monoisotopic (exact) mass is 520 g/mol. The molecule has 0 aliphatic carbocycles. The molecule has 0 amide bonds. The van der Waals surface area contributed by atoms with Gasteiger partial charge >= 0.3 is 5.97 Å². The minimum atomic E-state index is -3.65. The van der Waals surface area contributed by atoms with Crippen molar-refractivity contribution in [3.05, 3.63) is 88.5 Å². The second-order valence-corrected chi connectivity index (χ2v) is 11.2. The van der Waals surface area contributed by atoms with E-state index in [-0.39, 0.29) is 29.7 Å². The molecule has 4 aromatic rings. The van der Waals surface area contributed by atoms with Gasteiger partial charge in [0.2, 0.25) is 10.0 Å². The zero-order valence-corrected chi connectivity index (χ0v) is 22.6. The van der Waals surface area contributed by atoms with E-state index in [4.69, 9.17) is 4.74 Å². The molecule has 0 N–H and O–H groups in total. The second-order valence-electron chi connectivity index (χ2n) is 9.18. The molecule has 0 aliphatic rings. The van der Waals surface area contributed by atoms with Gasteiger partial charge in [0.25, 0.3) is 0 Å². The molecule has 1 heterocycles. The Morgan fingerprint density at radius 1 is 1.08 bits per heavy atom. The van der Waals surface area contributed by atoms with E-state index in [0.717, 1.165) is 38.9 Å². The largest absolute Gasteiger partial charge is 0.466 e. The smallest absolute Gasteiger partial charge is 0.306 e. The molecule has 194 valence electrons. The molecule has 0 saturated carbocycles. The quantitative estimate of drug-likeness (QED) is 0.302. The van der Waals surface area contributed by atoms with Crippen molar-refractivity contribution in [2.24, 2.45) is 7.05 Å². The van der Waals surface area contributed by atoms with Gasteiger partial charge in [-0.2, -0.15) is 4.31 Å². The van der Waals surface area contributed by atoms with E-state index in [1.165, 1.54) is 4.31 Å². The van der Waals surface area contributed by atoms with Crippen LogP contribution in [0.15, 0.2) is 65.6 Å². The van der Waals surface area contributed by atoms with E-state index in [1.807, 2.05) is 51.2 Å². The average Bonchev–Trinajstić information content (AvgIpc) is 3.26. The fourth-order valence-corrected chi connectivity index (χ4v) is 5.77. The number of rotatable bonds is 9. The predicted octanol–water partition coefficient (Wildman–Crippen LogP) is 4.49. The Kier molecular flexibility index (Phi) is 7.75. The highest BCUT2D eigenvalue weighted by atomic mass is 32.2. The van der Waals surface area contributed by atoms with Crippen LogP contribution in [-0.2, 0) is 33.1 Å². The number of hydrogen-bond donors (Lipinski definition) is 0. The van der Waals surface area contributed by atoms with Crippen LogP contribution in [0.3, 0.4) is 0 Å². The Morgan fingerprint density at radius 3 is 2.51 bits per heavy atom. The molecule has 3 aromatic carbocycles. The maximum absolute atomic E-state index is 13.1. The molecule has 0 spiro atoms. The third-order valence-corrected chi connectivity index (χ3v) is 8.57. The van der Waals surface area contributed by atoms with Crippen LogP contribution < -0.4 is 0 Å². The molecule has 1 unspecified atom stereocenters. The first-order valence-corrected chi connectivity index (χ1v) is 13.6. The Bertz CT molecular complexity index is 1530. The lowest BCUT2D eigenvalue weighted by molar-refractivity contribution is -0.143. The molecule has 8 nitrogen and oxygen atoms in total. The first-order chi connectivity index (χ1) is 17.6. The number of carbonyl (C=O) groups is 1. The highest BCUT2D eigenvalue weighted by Gasteiger charge is 2.25. The van der Waals surface area contributed by atoms with Gasteiger partial charge in [0.1, 0.15) is 5.52 Å². The molecule has 0 radical (unpaired) electrons. The van der Waals surface area contributed by atoms with Crippen molar-refractivity contribution in [1.82, 2.24) is 19.3 Å². The van der Waals surface area contributed by atoms with Crippen LogP contribution in [0.2, 0.25) is 0 Å². The zero-order valence-electron chi connectivity index (χ0n) is 21.8. The van der Waals surface area contributed by atoms with Crippen molar-refractivity contribution in [3.63, 3.8) is 0 Å². The van der Waals surface area contributed by atoms with Gasteiger partial charge in [-0.05, 0) is 66.8 Å². The Morgan fingerprint density at radius 2 is 1.81 bits per heavy atom. The van der Waals surface area contributed by atoms with Crippen LogP contribution in [-0.4, -0.2) is 47.3 Å². The van der Waals surface area contributed by atoms with Gasteiger partial charge in [-0.15, -0.1) is 5.10 Å². The molecule has 0 saturated heterocycles. The summed E-state index contributed by atoms with van der Waals surface area (Å²) < 4.78 is 34.6. The molecule has 0 bridgehead atoms. The van der Waals surface area contributed by atoms with Gasteiger partial charge < -0.3 is 4.74 Å². The van der Waals surface area contributed by atoms with E-state index >= 15 is 0 Å². The van der Waals surface area contributed by atoms with E-state index in [0.29, 0.717) is 6.61 Å². The van der Waals surface area contributed by atoms with Crippen LogP contribution in [0, 0.1) is 13.8 Å². The van der Waals surface area contributed by atoms with Crippen molar-refractivity contribution in [3.8, 4) is 0 Å². The van der Waals surface area contributed by atoms with Crippen LogP contribution in [0.4, 0.5) is 0 Å². The van der Waals surface area contributed by atoms with Gasteiger partial charge in [0.15, 0.2) is 0 Å². The van der Waals surface area contributed by atoms with Crippen LogP contribution in [0.5, 0.6) is 0 Å². The van der Waals surface area contributed by atoms with Crippen molar-refractivity contribution in [2.45, 2.75) is 44.6 Å². The highest BCUT2D eigenvalue weighted by Crippen LogP contribution is 2.35. The number of esters is 1. The van der Waals surface area contributed by atoms with Crippen molar-refractivity contribution in [1.29, 1.82) is 0 Å². The molecule has 1 aromatic heterocycles. The van der Waals surface area contributed by atoms with Crippen LogP contribution in [0.25, 0.3) is 11.0 Å². The minimum absolute atomic E-state index is 0.154. The number of aromatic nitrogens is 3. The lowest BCUT2D eigenvalue weighted by Crippen LogP contribution is -2.27. The zero-order chi connectivity index (χ0) is 26.7. The van der Waals surface area contributed by atoms with Gasteiger partial charge in [0.05, 0.1) is 23.4 Å². The lowest BCUT2D eigenvalue weighted by Gasteiger charge is -2.23. The topological polar surface area (TPSA) is 94.4 Å². The standard InChI is InChI=1S/C28H32N4O4S/c1-6-36-27(33)17-25(24-14-15-26-28(20(24)3)29-30-32(26)5)21-13-12-19(2)22(16-21)18-31(4)37(34,35)23-10-8-7-9-11-23/h7-16,25H,6,17-18H2,1-5H3. The van der Waals surface area contributed by atoms with E-state index < -0.39 is 10.0 Å². The number of ether oxygens (including phenoxy) is 1. The summed E-state index contributed by atoms with van der Waals surface area (Å²) in [5.74, 6) is -0.585. The summed E-state index contributed by atoms with van der Waals surface area (Å²) >= 11 is 0. The van der Waals surface area contributed by atoms with Crippen molar-refractivity contribution >= 4 is 27.0 Å². The first-order valence-electron chi connectivity index (χ1n) is 12.2. The molecular weight excluding hydrogens is 488 g/mol. The number of benzene rings is 3. The van der Waals surface area contributed by atoms with Crippen LogP contribution >= 0.6 is 0 Å². The first kappa shape index (κ1) is 26.5. The van der Waals surface area contributed by atoms with Gasteiger partial charge in [0, 0.05) is 26.6 Å². The van der Waals surface area contributed by atoms with E-state index in [1.54, 1.807) is 49.0 Å². The second kappa shape index (κ2) is 10.8. The fourth-order valence-electron chi connectivity index (χ4n) is 4.60. The van der Waals surface area contributed by atoms with Crippen LogP contribution in [0.1, 0.15) is 47.1 Å². The summed E-state index contributed by atoms with van der Waals surface area (Å²) in [6.07, 6.45) is 0.154. The summed E-state index contributed by atoms with van der Waals surface area (Å²) in [6, 6.07) is 18.3. The highest BCUT2D eigenvalue weighted by molar-refractivity contribution is 7.89. The molecule has 0 fully saturated rings. The maximum atomic E-state index is 13.1. The van der Waals surface area contributed by atoms with Gasteiger partial charge in [-0.3, -0.25) is 4.79 Å². The number of nitrogens with zero attached hydrogens (tertiary/aromatic N) is 4. The predicted molar refractivity (Wildman–Crippen MR) is 143 cm³/mol. The maximum Gasteiger partial charge on any atom is 0.306 e. The van der Waals surface area contributed by atoms with Gasteiger partial charge in [-0.1, -0.05) is 47.7 Å². The Balaban J connectivity index is 1.74. The average molecular weight is 521 g/mol. The molecular formula is C28H32N4O4S. The molecule has 9 heteroatoms. The van der Waals surface area contributed by atoms with E-state index in [2.05, 4.69) is 10.3 Å². The Labute approximate surface area is 217 Å². The number of fused-ring (bicyclic) bond motifs is 1.